The molecule has 1 saturated heterocycles. The highest BCUT2D eigenvalue weighted by Crippen LogP contribution is 2.15. The molecule has 0 spiro atoms. The van der Waals surface area contributed by atoms with Gasteiger partial charge in [0.25, 0.3) is 0 Å². The molecule has 1 fully saturated rings. The number of carbonyl (C=O) groups is 2. The Labute approximate surface area is 81.2 Å². The molecule has 0 radical (unpaired) electrons. The Hall–Kier alpha value is -1.14. The number of hydrogen-bond donors (Lipinski definition) is 2. The van der Waals surface area contributed by atoms with Gasteiger partial charge in [-0.15, -0.1) is 0 Å². The highest BCUT2D eigenvalue weighted by atomic mass is 16.6. The van der Waals surface area contributed by atoms with E-state index in [-0.39, 0.29) is 12.5 Å². The highest BCUT2D eigenvalue weighted by molar-refractivity contribution is 5.73. The molecule has 0 unspecified atom stereocenters. The lowest BCUT2D eigenvalue weighted by molar-refractivity contribution is -0.147. The van der Waals surface area contributed by atoms with Crippen molar-refractivity contribution in [2.45, 2.75) is 32.3 Å². The van der Waals surface area contributed by atoms with E-state index in [1.54, 1.807) is 0 Å². The lowest BCUT2D eigenvalue weighted by Crippen LogP contribution is -2.47. The topological polar surface area (TPSA) is 84.9 Å². The zero-order chi connectivity index (χ0) is 10.7. The second kappa shape index (κ2) is 4.39. The van der Waals surface area contributed by atoms with Gasteiger partial charge in [0.2, 0.25) is 5.91 Å². The zero-order valence-electron chi connectivity index (χ0n) is 8.02. The van der Waals surface area contributed by atoms with E-state index in [0.717, 1.165) is 0 Å². The van der Waals surface area contributed by atoms with Gasteiger partial charge < -0.3 is 19.9 Å². The maximum Gasteiger partial charge on any atom is 0.303 e. The molecule has 1 aliphatic heterocycles. The van der Waals surface area contributed by atoms with Crippen LogP contribution in [-0.4, -0.2) is 42.0 Å². The van der Waals surface area contributed by atoms with Crippen molar-refractivity contribution in [3.63, 3.8) is 0 Å². The average molecular weight is 203 g/mol. The van der Waals surface area contributed by atoms with Crippen molar-refractivity contribution in [1.82, 2.24) is 5.32 Å². The molecule has 1 heterocycles. The number of nitrogens with one attached hydrogen (secondary N) is 1. The number of rotatable bonds is 2. The van der Waals surface area contributed by atoms with Gasteiger partial charge in [0, 0.05) is 13.8 Å². The van der Waals surface area contributed by atoms with Crippen LogP contribution in [0.2, 0.25) is 0 Å². The number of aliphatic hydroxyl groups is 1. The van der Waals surface area contributed by atoms with Crippen LogP contribution in [0.1, 0.15) is 13.8 Å². The molecule has 0 aromatic heterocycles. The minimum Gasteiger partial charge on any atom is -0.458 e. The fraction of sp³-hybridized carbons (Fsp3) is 0.750. The van der Waals surface area contributed by atoms with E-state index in [9.17, 15) is 14.7 Å². The first-order chi connectivity index (χ1) is 6.50. The molecule has 1 amide bonds. The number of esters is 1. The molecular weight excluding hydrogens is 190 g/mol. The minimum absolute atomic E-state index is 0.0890. The predicted molar refractivity (Wildman–Crippen MR) is 45.1 cm³/mol. The van der Waals surface area contributed by atoms with Crippen LogP contribution in [0.25, 0.3) is 0 Å². The second-order valence-electron chi connectivity index (χ2n) is 3.10. The van der Waals surface area contributed by atoms with Crippen LogP contribution in [0.3, 0.4) is 0 Å². The molecule has 14 heavy (non-hydrogen) atoms. The summed E-state index contributed by atoms with van der Waals surface area (Å²) >= 11 is 0. The lowest BCUT2D eigenvalue weighted by Gasteiger charge is -2.19. The van der Waals surface area contributed by atoms with Crippen LogP contribution in [0.4, 0.5) is 0 Å². The molecule has 1 rings (SSSR count). The Kier molecular flexibility index (Phi) is 3.43. The van der Waals surface area contributed by atoms with E-state index in [4.69, 9.17) is 9.47 Å². The fourth-order valence-corrected chi connectivity index (χ4v) is 1.30. The normalized spacial score (nSPS) is 31.2. The third kappa shape index (κ3) is 2.68. The van der Waals surface area contributed by atoms with Crippen LogP contribution in [0.15, 0.2) is 0 Å². The first kappa shape index (κ1) is 10.9. The van der Waals surface area contributed by atoms with Gasteiger partial charge in [-0.2, -0.15) is 0 Å². The van der Waals surface area contributed by atoms with Gasteiger partial charge in [-0.25, -0.2) is 0 Å². The van der Waals surface area contributed by atoms with Crippen LogP contribution in [0.5, 0.6) is 0 Å². The molecule has 0 bridgehead atoms. The molecule has 0 aliphatic carbocycles. The summed E-state index contributed by atoms with van der Waals surface area (Å²) in [5, 5.41) is 11.7. The number of ether oxygens (including phenoxy) is 2. The maximum atomic E-state index is 10.8. The van der Waals surface area contributed by atoms with Crippen molar-refractivity contribution in [2.24, 2.45) is 0 Å². The molecule has 2 N–H and O–H groups in total. The van der Waals surface area contributed by atoms with Gasteiger partial charge in [-0.1, -0.05) is 0 Å². The lowest BCUT2D eigenvalue weighted by atomic mass is 10.2. The average Bonchev–Trinajstić information content (AvgIpc) is 2.34. The third-order valence-electron chi connectivity index (χ3n) is 1.83. The molecular formula is C8H13NO5. The van der Waals surface area contributed by atoms with Crippen LogP contribution < -0.4 is 5.32 Å². The number of carbonyl (C=O) groups excluding carboxylic acids is 2. The summed E-state index contributed by atoms with van der Waals surface area (Å²) in [6, 6.07) is -0.684. The molecule has 0 saturated carbocycles. The fourth-order valence-electron chi connectivity index (χ4n) is 1.30. The van der Waals surface area contributed by atoms with Gasteiger partial charge in [0.1, 0.15) is 6.04 Å². The Balaban J connectivity index is 2.56. The standard InChI is InChI=1S/C8H13NO5/c1-4(10)9-7-6(14-5(2)11)3-13-8(7)12/h6-8,12H,3H2,1-2H3,(H,9,10)/t6-,7-,8-/m1/s1. The van der Waals surface area contributed by atoms with Gasteiger partial charge in [0.05, 0.1) is 6.61 Å². The number of aliphatic hydroxyl groups excluding tert-OH is 1. The van der Waals surface area contributed by atoms with Gasteiger partial charge in [0.15, 0.2) is 12.4 Å². The molecule has 80 valence electrons. The van der Waals surface area contributed by atoms with E-state index in [1.807, 2.05) is 0 Å². The molecule has 0 aromatic carbocycles. The highest BCUT2D eigenvalue weighted by Gasteiger charge is 2.38. The van der Waals surface area contributed by atoms with E-state index in [0.29, 0.717) is 0 Å². The predicted octanol–water partition coefficient (Wildman–Crippen LogP) is -1.23. The number of amides is 1. The Bertz CT molecular complexity index is 242. The van der Waals surface area contributed by atoms with Gasteiger partial charge in [-0.3, -0.25) is 9.59 Å². The molecule has 3 atom stereocenters. The molecule has 6 heteroatoms. The minimum atomic E-state index is -1.12. The Morgan fingerprint density at radius 2 is 2.14 bits per heavy atom. The molecule has 1 aliphatic rings. The SMILES string of the molecule is CC(=O)N[C@H]1[C@H](O)OC[C@H]1OC(C)=O. The van der Waals surface area contributed by atoms with Crippen molar-refractivity contribution in [3.8, 4) is 0 Å². The Morgan fingerprint density at radius 1 is 1.50 bits per heavy atom. The summed E-state index contributed by atoms with van der Waals surface area (Å²) in [4.78, 5) is 21.4. The summed E-state index contributed by atoms with van der Waals surface area (Å²) in [5.41, 5.74) is 0. The van der Waals surface area contributed by atoms with Crippen molar-refractivity contribution in [1.29, 1.82) is 0 Å². The summed E-state index contributed by atoms with van der Waals surface area (Å²) < 4.78 is 9.70. The first-order valence-electron chi connectivity index (χ1n) is 4.24. The van der Waals surface area contributed by atoms with Crippen molar-refractivity contribution < 1.29 is 24.2 Å². The van der Waals surface area contributed by atoms with Crippen molar-refractivity contribution in [3.05, 3.63) is 0 Å². The third-order valence-corrected chi connectivity index (χ3v) is 1.83. The first-order valence-corrected chi connectivity index (χ1v) is 4.24. The van der Waals surface area contributed by atoms with Crippen LogP contribution >= 0.6 is 0 Å². The van der Waals surface area contributed by atoms with Crippen LogP contribution in [-0.2, 0) is 19.1 Å². The second-order valence-corrected chi connectivity index (χ2v) is 3.10. The van der Waals surface area contributed by atoms with E-state index >= 15 is 0 Å². The molecule has 0 aromatic rings. The largest absolute Gasteiger partial charge is 0.458 e. The summed E-state index contributed by atoms with van der Waals surface area (Å²) in [5.74, 6) is -0.778. The summed E-state index contributed by atoms with van der Waals surface area (Å²) in [7, 11) is 0. The zero-order valence-corrected chi connectivity index (χ0v) is 8.02. The Morgan fingerprint density at radius 3 is 2.64 bits per heavy atom. The van der Waals surface area contributed by atoms with Crippen LogP contribution in [0, 0.1) is 0 Å². The van der Waals surface area contributed by atoms with E-state index in [1.165, 1.54) is 13.8 Å². The number of hydrogen-bond acceptors (Lipinski definition) is 5. The summed E-state index contributed by atoms with van der Waals surface area (Å²) in [6.45, 7) is 2.66. The van der Waals surface area contributed by atoms with E-state index < -0.39 is 24.4 Å². The monoisotopic (exact) mass is 203 g/mol. The van der Waals surface area contributed by atoms with Crippen molar-refractivity contribution in [2.75, 3.05) is 6.61 Å². The smallest absolute Gasteiger partial charge is 0.303 e. The maximum absolute atomic E-state index is 10.8. The molecule has 6 nitrogen and oxygen atoms in total. The quantitative estimate of drug-likeness (QED) is 0.549. The summed E-state index contributed by atoms with van der Waals surface area (Å²) in [6.07, 6.45) is -1.74. The van der Waals surface area contributed by atoms with E-state index in [2.05, 4.69) is 5.32 Å². The van der Waals surface area contributed by atoms with Gasteiger partial charge >= 0.3 is 5.97 Å². The van der Waals surface area contributed by atoms with Gasteiger partial charge in [-0.05, 0) is 0 Å². The van der Waals surface area contributed by atoms with Crippen molar-refractivity contribution >= 4 is 11.9 Å².